The molecule has 1 amide bonds. The number of rotatable bonds is 4. The van der Waals surface area contributed by atoms with Crippen molar-refractivity contribution >= 4 is 59.8 Å². The average molecular weight is 511 g/mol. The van der Waals surface area contributed by atoms with E-state index < -0.39 is 0 Å². The summed E-state index contributed by atoms with van der Waals surface area (Å²) in [6, 6.07) is 1.91. The molecule has 1 atom stereocenters. The Labute approximate surface area is 162 Å². The molecule has 2 rings (SSSR count). The number of likely N-dealkylation sites (tertiary alicyclic amines) is 1. The van der Waals surface area contributed by atoms with Gasteiger partial charge >= 0.3 is 0 Å². The molecule has 23 heavy (non-hydrogen) atoms. The fraction of sp³-hybridized carbons (Fsp3) is 0.438. The first kappa shape index (κ1) is 19.0. The molecule has 1 aromatic rings. The van der Waals surface area contributed by atoms with E-state index in [1.807, 2.05) is 19.2 Å². The number of ether oxygens (including phenoxy) is 1. The Kier molecular flexibility index (Phi) is 6.71. The van der Waals surface area contributed by atoms with Crippen LogP contribution in [0.15, 0.2) is 25.7 Å². The lowest BCUT2D eigenvalue weighted by Crippen LogP contribution is -2.40. The number of benzene rings is 1. The van der Waals surface area contributed by atoms with Crippen LogP contribution < -0.4 is 4.74 Å². The number of likely N-dealkylation sites (N-methyl/N-ethyl adjacent to an activating group) is 2. The van der Waals surface area contributed by atoms with Crippen molar-refractivity contribution < 1.29 is 9.53 Å². The van der Waals surface area contributed by atoms with Crippen LogP contribution in [0.25, 0.3) is 6.08 Å². The maximum Gasteiger partial charge on any atom is 0.243 e. The van der Waals surface area contributed by atoms with Crippen molar-refractivity contribution in [3.8, 4) is 5.75 Å². The molecule has 1 heterocycles. The molecule has 126 valence electrons. The molecule has 0 saturated carbocycles. The highest BCUT2D eigenvalue weighted by Crippen LogP contribution is 2.40. The summed E-state index contributed by atoms with van der Waals surface area (Å²) < 4.78 is 7.98. The summed E-state index contributed by atoms with van der Waals surface area (Å²) in [5.74, 6) is 0.843. The highest BCUT2D eigenvalue weighted by molar-refractivity contribution is 9.11. The highest BCUT2D eigenvalue weighted by atomic mass is 79.9. The largest absolute Gasteiger partial charge is 0.494 e. The molecule has 1 saturated heterocycles. The van der Waals surface area contributed by atoms with Crippen LogP contribution in [0.4, 0.5) is 0 Å². The van der Waals surface area contributed by atoms with Crippen LogP contribution in [0.3, 0.4) is 0 Å². The quantitative estimate of drug-likeness (QED) is 0.597. The Morgan fingerprint density at radius 1 is 1.39 bits per heavy atom. The Balaban J connectivity index is 2.21. The molecule has 0 radical (unpaired) electrons. The third kappa shape index (κ3) is 4.18. The molecule has 0 spiro atoms. The van der Waals surface area contributed by atoms with Gasteiger partial charge in [0.15, 0.2) is 0 Å². The van der Waals surface area contributed by atoms with E-state index in [1.54, 1.807) is 25.3 Å². The monoisotopic (exact) mass is 508 g/mol. The lowest BCUT2D eigenvalue weighted by Gasteiger charge is -2.22. The van der Waals surface area contributed by atoms with Crippen molar-refractivity contribution in [1.29, 1.82) is 0 Å². The average Bonchev–Trinajstić information content (AvgIpc) is 2.92. The second kappa shape index (κ2) is 8.14. The van der Waals surface area contributed by atoms with Crippen molar-refractivity contribution in [3.05, 3.63) is 31.2 Å². The lowest BCUT2D eigenvalue weighted by atomic mass is 10.2. The minimum atomic E-state index is -0.0176. The van der Waals surface area contributed by atoms with Crippen LogP contribution in [0, 0.1) is 0 Å². The molecule has 1 aromatic carbocycles. The second-order valence-electron chi connectivity index (χ2n) is 5.50. The van der Waals surface area contributed by atoms with Crippen LogP contribution >= 0.6 is 47.8 Å². The number of carbonyl (C=O) groups excluding carboxylic acids is 1. The maximum atomic E-state index is 12.5. The van der Waals surface area contributed by atoms with Crippen molar-refractivity contribution in [3.63, 3.8) is 0 Å². The molecule has 0 unspecified atom stereocenters. The minimum Gasteiger partial charge on any atom is -0.494 e. The van der Waals surface area contributed by atoms with E-state index in [-0.39, 0.29) is 11.9 Å². The molecule has 4 nitrogen and oxygen atoms in total. The predicted molar refractivity (Wildman–Crippen MR) is 104 cm³/mol. The number of halogens is 3. The number of methoxy groups -OCH3 is 1. The van der Waals surface area contributed by atoms with Gasteiger partial charge in [0, 0.05) is 23.3 Å². The zero-order valence-corrected chi connectivity index (χ0v) is 18.0. The molecule has 0 aliphatic carbocycles. The van der Waals surface area contributed by atoms with Crippen molar-refractivity contribution in [1.82, 2.24) is 9.80 Å². The number of carbonyl (C=O) groups is 1. The van der Waals surface area contributed by atoms with Crippen LogP contribution in [0.2, 0.25) is 0 Å². The molecule has 0 aromatic heterocycles. The highest BCUT2D eigenvalue weighted by Gasteiger charge is 2.29. The Morgan fingerprint density at radius 3 is 2.65 bits per heavy atom. The summed E-state index contributed by atoms with van der Waals surface area (Å²) >= 11 is 10.6. The van der Waals surface area contributed by atoms with Gasteiger partial charge < -0.3 is 9.64 Å². The number of amides is 1. The van der Waals surface area contributed by atoms with Gasteiger partial charge in [0.05, 0.1) is 22.1 Å². The van der Waals surface area contributed by atoms with E-state index in [4.69, 9.17) is 4.74 Å². The zero-order valence-electron chi connectivity index (χ0n) is 13.3. The molecule has 0 N–H and O–H groups in total. The Bertz CT molecular complexity index is 634. The predicted octanol–water partition coefficient (Wildman–Crippen LogP) is 4.51. The standard InChI is InChI=1S/C16H19Br3N2O2/c1-20-7-4-5-13(20)16(22)21(2)8-6-10-11(17)9-12(18)15(23-3)14(10)19/h6,8-9,13H,4-5,7H2,1-3H3/t13-/m0/s1. The summed E-state index contributed by atoms with van der Waals surface area (Å²) in [4.78, 5) is 16.3. The summed E-state index contributed by atoms with van der Waals surface area (Å²) in [5, 5.41) is 0. The zero-order chi connectivity index (χ0) is 17.1. The SMILES string of the molecule is COc1c(Br)cc(Br)c(C=CN(C)C(=O)[C@@H]2CCCN2C)c1Br. The third-order valence-corrected chi connectivity index (χ3v) is 6.02. The van der Waals surface area contributed by atoms with Crippen LogP contribution in [0.1, 0.15) is 18.4 Å². The van der Waals surface area contributed by atoms with Crippen LogP contribution in [-0.4, -0.2) is 49.5 Å². The summed E-state index contributed by atoms with van der Waals surface area (Å²) in [6.07, 6.45) is 5.70. The van der Waals surface area contributed by atoms with Gasteiger partial charge in [-0.25, -0.2) is 0 Å². The summed E-state index contributed by atoms with van der Waals surface area (Å²) in [7, 11) is 5.42. The fourth-order valence-corrected chi connectivity index (χ4v) is 5.35. The van der Waals surface area contributed by atoms with Gasteiger partial charge in [0.25, 0.3) is 0 Å². The van der Waals surface area contributed by atoms with E-state index >= 15 is 0 Å². The van der Waals surface area contributed by atoms with Crippen molar-refractivity contribution in [2.45, 2.75) is 18.9 Å². The molecule has 7 heteroatoms. The normalized spacial score (nSPS) is 18.6. The van der Waals surface area contributed by atoms with E-state index in [2.05, 4.69) is 52.7 Å². The third-order valence-electron chi connectivity index (χ3n) is 3.99. The fourth-order valence-electron chi connectivity index (χ4n) is 2.64. The first-order chi connectivity index (χ1) is 10.9. The van der Waals surface area contributed by atoms with Gasteiger partial charge in [0.2, 0.25) is 5.91 Å². The van der Waals surface area contributed by atoms with Crippen LogP contribution in [0.5, 0.6) is 5.75 Å². The molecule has 1 fully saturated rings. The van der Waals surface area contributed by atoms with Gasteiger partial charge in [-0.2, -0.15) is 0 Å². The van der Waals surface area contributed by atoms with E-state index in [9.17, 15) is 4.79 Å². The number of hydrogen-bond acceptors (Lipinski definition) is 3. The van der Waals surface area contributed by atoms with Gasteiger partial charge in [-0.1, -0.05) is 15.9 Å². The first-order valence-electron chi connectivity index (χ1n) is 7.23. The molecule has 0 bridgehead atoms. The molecule has 1 aliphatic rings. The first-order valence-corrected chi connectivity index (χ1v) is 9.61. The molecular weight excluding hydrogens is 492 g/mol. The van der Waals surface area contributed by atoms with Crippen LogP contribution in [-0.2, 0) is 4.79 Å². The summed E-state index contributed by atoms with van der Waals surface area (Å²) in [5.41, 5.74) is 0.921. The smallest absolute Gasteiger partial charge is 0.243 e. The number of hydrogen-bond donors (Lipinski definition) is 0. The molecule has 1 aliphatic heterocycles. The van der Waals surface area contributed by atoms with E-state index in [0.29, 0.717) is 0 Å². The van der Waals surface area contributed by atoms with Gasteiger partial charge in [-0.3, -0.25) is 9.69 Å². The van der Waals surface area contributed by atoms with Gasteiger partial charge in [-0.05, 0) is 70.4 Å². The van der Waals surface area contributed by atoms with Crippen molar-refractivity contribution in [2.24, 2.45) is 0 Å². The lowest BCUT2D eigenvalue weighted by molar-refractivity contribution is -0.131. The van der Waals surface area contributed by atoms with Gasteiger partial charge in [0.1, 0.15) is 5.75 Å². The Morgan fingerprint density at radius 2 is 2.09 bits per heavy atom. The maximum absolute atomic E-state index is 12.5. The van der Waals surface area contributed by atoms with Crippen molar-refractivity contribution in [2.75, 3.05) is 27.7 Å². The van der Waals surface area contributed by atoms with E-state index in [0.717, 1.165) is 44.1 Å². The minimum absolute atomic E-state index is 0.0176. The van der Waals surface area contributed by atoms with E-state index in [1.165, 1.54) is 0 Å². The van der Waals surface area contributed by atoms with Gasteiger partial charge in [-0.15, -0.1) is 0 Å². The molecular formula is C16H19Br3N2O2. The second-order valence-corrected chi connectivity index (χ2v) is 8.01. The topological polar surface area (TPSA) is 32.8 Å². The summed E-state index contributed by atoms with van der Waals surface area (Å²) in [6.45, 7) is 0.981. The Hall–Kier alpha value is -0.370. The number of nitrogens with zero attached hydrogens (tertiary/aromatic N) is 2.